The van der Waals surface area contributed by atoms with E-state index in [1.54, 1.807) is 44.6 Å². The van der Waals surface area contributed by atoms with Crippen LogP contribution in [0.15, 0.2) is 56.7 Å². The number of nitrogens with zero attached hydrogens (tertiary/aromatic N) is 1. The van der Waals surface area contributed by atoms with E-state index in [0.29, 0.717) is 18.6 Å². The molecule has 0 saturated heterocycles. The van der Waals surface area contributed by atoms with E-state index in [-0.39, 0.29) is 4.90 Å². The van der Waals surface area contributed by atoms with Crippen molar-refractivity contribution in [3.63, 3.8) is 0 Å². The molecule has 1 aromatic rings. The molecule has 22 heavy (non-hydrogen) atoms. The standard InChI is InChI=1S/C16H19NO4S/c1-12-4-7-14(8-5-12)22(18,19)17-11-13-6-9-15(20-2)16(10-13)21-3/h4-5,7-8,10-11H,6,9H2,1-3H3. The smallest absolute Gasteiger partial charge is 0.282 e. The first-order valence-corrected chi connectivity index (χ1v) is 8.29. The van der Waals surface area contributed by atoms with Gasteiger partial charge in [0.05, 0.1) is 19.1 Å². The van der Waals surface area contributed by atoms with Gasteiger partial charge in [0.2, 0.25) is 0 Å². The first kappa shape index (κ1) is 16.3. The van der Waals surface area contributed by atoms with E-state index in [0.717, 1.165) is 16.9 Å². The Kier molecular flexibility index (Phi) is 5.03. The maximum absolute atomic E-state index is 12.2. The molecule has 0 unspecified atom stereocenters. The summed E-state index contributed by atoms with van der Waals surface area (Å²) in [4.78, 5) is 0.186. The van der Waals surface area contributed by atoms with Crippen LogP contribution in [0.4, 0.5) is 0 Å². The summed E-state index contributed by atoms with van der Waals surface area (Å²) in [7, 11) is -0.543. The predicted molar refractivity (Wildman–Crippen MR) is 85.2 cm³/mol. The Bertz CT molecular complexity index is 728. The fraction of sp³-hybridized carbons (Fsp3) is 0.312. The summed E-state index contributed by atoms with van der Waals surface area (Å²) in [6, 6.07) is 6.61. The van der Waals surface area contributed by atoms with Gasteiger partial charge in [-0.05, 0) is 37.1 Å². The van der Waals surface area contributed by atoms with Crippen LogP contribution in [-0.4, -0.2) is 28.9 Å². The van der Waals surface area contributed by atoms with Crippen molar-refractivity contribution in [2.24, 2.45) is 4.40 Å². The maximum Gasteiger partial charge on any atom is 0.282 e. The molecule has 2 rings (SSSR count). The summed E-state index contributed by atoms with van der Waals surface area (Å²) in [5, 5.41) is 0. The van der Waals surface area contributed by atoms with Crippen LogP contribution < -0.4 is 0 Å². The molecule has 0 fully saturated rings. The highest BCUT2D eigenvalue weighted by Crippen LogP contribution is 2.24. The van der Waals surface area contributed by atoms with Crippen LogP contribution in [0.5, 0.6) is 0 Å². The Labute approximate surface area is 131 Å². The molecule has 118 valence electrons. The lowest BCUT2D eigenvalue weighted by Gasteiger charge is -2.16. The van der Waals surface area contributed by atoms with Gasteiger partial charge in [-0.25, -0.2) is 0 Å². The average molecular weight is 321 g/mol. The van der Waals surface area contributed by atoms with E-state index in [9.17, 15) is 8.42 Å². The molecular weight excluding hydrogens is 302 g/mol. The number of hydrogen-bond acceptors (Lipinski definition) is 4. The first-order chi connectivity index (χ1) is 10.5. The minimum absolute atomic E-state index is 0.186. The third-order valence-corrected chi connectivity index (χ3v) is 4.63. The zero-order valence-corrected chi connectivity index (χ0v) is 13.7. The lowest BCUT2D eigenvalue weighted by atomic mass is 10.0. The monoisotopic (exact) mass is 321 g/mol. The Morgan fingerprint density at radius 3 is 2.36 bits per heavy atom. The molecule has 0 saturated carbocycles. The largest absolute Gasteiger partial charge is 0.497 e. The number of aryl methyl sites for hydroxylation is 1. The van der Waals surface area contributed by atoms with Gasteiger partial charge in [0.15, 0.2) is 5.76 Å². The second-order valence-electron chi connectivity index (χ2n) is 4.94. The van der Waals surface area contributed by atoms with Crippen LogP contribution in [0.3, 0.4) is 0 Å². The van der Waals surface area contributed by atoms with E-state index in [2.05, 4.69) is 4.40 Å². The van der Waals surface area contributed by atoms with Gasteiger partial charge in [-0.15, -0.1) is 0 Å². The quantitative estimate of drug-likeness (QED) is 0.782. The summed E-state index contributed by atoms with van der Waals surface area (Å²) < 4.78 is 38.5. The zero-order valence-electron chi connectivity index (χ0n) is 12.9. The van der Waals surface area contributed by atoms with Gasteiger partial charge >= 0.3 is 0 Å². The van der Waals surface area contributed by atoms with Gasteiger partial charge < -0.3 is 9.47 Å². The third kappa shape index (κ3) is 3.76. The van der Waals surface area contributed by atoms with Crippen molar-refractivity contribution >= 4 is 16.2 Å². The number of benzene rings is 1. The van der Waals surface area contributed by atoms with Crippen molar-refractivity contribution in [3.8, 4) is 0 Å². The highest BCUT2D eigenvalue weighted by molar-refractivity contribution is 7.90. The SMILES string of the molecule is COC1=C(OC)CCC(C=NS(=O)(=O)c2ccc(C)cc2)=C1. The van der Waals surface area contributed by atoms with Gasteiger partial charge in [0, 0.05) is 12.6 Å². The lowest BCUT2D eigenvalue weighted by molar-refractivity contribution is 0.218. The number of methoxy groups -OCH3 is 2. The van der Waals surface area contributed by atoms with E-state index >= 15 is 0 Å². The summed E-state index contributed by atoms with van der Waals surface area (Å²) in [6.07, 6.45) is 4.43. The van der Waals surface area contributed by atoms with Crippen molar-refractivity contribution in [3.05, 3.63) is 53.0 Å². The fourth-order valence-corrected chi connectivity index (χ4v) is 2.96. The Hall–Kier alpha value is -2.08. The van der Waals surface area contributed by atoms with Crippen molar-refractivity contribution in [2.75, 3.05) is 14.2 Å². The number of sulfonamides is 1. The van der Waals surface area contributed by atoms with Crippen LogP contribution in [0.25, 0.3) is 0 Å². The summed E-state index contributed by atoms with van der Waals surface area (Å²) >= 11 is 0. The molecule has 1 aliphatic rings. The molecular formula is C16H19NO4S. The van der Waals surface area contributed by atoms with Crippen LogP contribution in [0.1, 0.15) is 18.4 Å². The summed E-state index contributed by atoms with van der Waals surface area (Å²) in [5.41, 5.74) is 1.79. The molecule has 6 heteroatoms. The normalized spacial score (nSPS) is 15.9. The zero-order chi connectivity index (χ0) is 16.2. The molecule has 0 bridgehead atoms. The predicted octanol–water partition coefficient (Wildman–Crippen LogP) is 2.98. The number of allylic oxidation sites excluding steroid dienone is 3. The van der Waals surface area contributed by atoms with Crippen LogP contribution in [0.2, 0.25) is 0 Å². The Balaban J connectivity index is 2.23. The molecule has 0 atom stereocenters. The molecule has 0 radical (unpaired) electrons. The molecule has 1 aromatic carbocycles. The molecule has 0 aliphatic heterocycles. The van der Waals surface area contributed by atoms with E-state index in [1.807, 2.05) is 6.92 Å². The van der Waals surface area contributed by atoms with Crippen LogP contribution in [0, 0.1) is 6.92 Å². The third-order valence-electron chi connectivity index (χ3n) is 3.37. The molecule has 0 amide bonds. The van der Waals surface area contributed by atoms with E-state index in [4.69, 9.17) is 9.47 Å². The first-order valence-electron chi connectivity index (χ1n) is 6.85. The van der Waals surface area contributed by atoms with Gasteiger partial charge in [0.1, 0.15) is 5.76 Å². The van der Waals surface area contributed by atoms with Crippen molar-refractivity contribution < 1.29 is 17.9 Å². The molecule has 0 N–H and O–H groups in total. The summed E-state index contributed by atoms with van der Waals surface area (Å²) in [6.45, 7) is 1.90. The molecule has 5 nitrogen and oxygen atoms in total. The van der Waals surface area contributed by atoms with Crippen molar-refractivity contribution in [1.29, 1.82) is 0 Å². The van der Waals surface area contributed by atoms with Gasteiger partial charge in [0.25, 0.3) is 10.0 Å². The Morgan fingerprint density at radius 2 is 1.77 bits per heavy atom. The molecule has 1 aliphatic carbocycles. The van der Waals surface area contributed by atoms with E-state index < -0.39 is 10.0 Å². The number of hydrogen-bond donors (Lipinski definition) is 0. The van der Waals surface area contributed by atoms with Gasteiger partial charge in [-0.3, -0.25) is 0 Å². The number of ether oxygens (including phenoxy) is 2. The second-order valence-corrected chi connectivity index (χ2v) is 6.57. The molecule has 0 heterocycles. The number of rotatable bonds is 5. The summed E-state index contributed by atoms with van der Waals surface area (Å²) in [5.74, 6) is 1.35. The minimum atomic E-state index is -3.68. The van der Waals surface area contributed by atoms with Gasteiger partial charge in [-0.1, -0.05) is 17.7 Å². The second kappa shape index (κ2) is 6.79. The Morgan fingerprint density at radius 1 is 1.09 bits per heavy atom. The minimum Gasteiger partial charge on any atom is -0.497 e. The van der Waals surface area contributed by atoms with Crippen LogP contribution >= 0.6 is 0 Å². The highest BCUT2D eigenvalue weighted by atomic mass is 32.2. The van der Waals surface area contributed by atoms with Gasteiger partial charge in [-0.2, -0.15) is 12.8 Å². The van der Waals surface area contributed by atoms with Crippen molar-refractivity contribution in [2.45, 2.75) is 24.7 Å². The topological polar surface area (TPSA) is 65.0 Å². The average Bonchev–Trinajstić information content (AvgIpc) is 2.53. The maximum atomic E-state index is 12.2. The lowest BCUT2D eigenvalue weighted by Crippen LogP contribution is -2.05. The molecule has 0 spiro atoms. The molecule has 0 aromatic heterocycles. The fourth-order valence-electron chi connectivity index (χ4n) is 2.09. The van der Waals surface area contributed by atoms with Crippen molar-refractivity contribution in [1.82, 2.24) is 0 Å². The van der Waals surface area contributed by atoms with Crippen LogP contribution in [-0.2, 0) is 19.5 Å². The highest BCUT2D eigenvalue weighted by Gasteiger charge is 2.15. The van der Waals surface area contributed by atoms with E-state index in [1.165, 1.54) is 6.21 Å².